The number of hydrogen-bond acceptors (Lipinski definition) is 7. The second-order valence-corrected chi connectivity index (χ2v) is 9.80. The Morgan fingerprint density at radius 2 is 1.89 bits per heavy atom. The molecule has 196 valence electrons. The van der Waals surface area contributed by atoms with Crippen molar-refractivity contribution in [1.29, 1.82) is 0 Å². The quantitative estimate of drug-likeness (QED) is 0.247. The molecule has 10 heteroatoms. The lowest BCUT2D eigenvalue weighted by molar-refractivity contribution is -0.139. The van der Waals surface area contributed by atoms with Crippen LogP contribution in [0.1, 0.15) is 37.7 Å². The maximum atomic E-state index is 14.5. The number of amides is 2. The summed E-state index contributed by atoms with van der Waals surface area (Å²) in [7, 11) is 0. The van der Waals surface area contributed by atoms with Gasteiger partial charge in [0, 0.05) is 31.5 Å². The minimum absolute atomic E-state index is 0.0270. The van der Waals surface area contributed by atoms with E-state index in [1.807, 2.05) is 0 Å². The summed E-state index contributed by atoms with van der Waals surface area (Å²) < 4.78 is 20.2. The Hall–Kier alpha value is -2.27. The van der Waals surface area contributed by atoms with Gasteiger partial charge in [-0.15, -0.1) is 0 Å². The fraction of sp³-hybridized carbons (Fsp3) is 0.680. The van der Waals surface area contributed by atoms with Crippen LogP contribution in [0.15, 0.2) is 18.2 Å². The van der Waals surface area contributed by atoms with Crippen LogP contribution < -0.4 is 15.4 Å². The van der Waals surface area contributed by atoms with E-state index in [9.17, 15) is 19.1 Å². The number of halogens is 1. The van der Waals surface area contributed by atoms with E-state index in [0.29, 0.717) is 31.0 Å². The summed E-state index contributed by atoms with van der Waals surface area (Å²) in [6, 6.07) is 4.61. The number of likely N-dealkylation sites (tertiary alicyclic amines) is 1. The molecule has 0 unspecified atom stereocenters. The van der Waals surface area contributed by atoms with Crippen molar-refractivity contribution < 1.29 is 34.0 Å². The van der Waals surface area contributed by atoms with Crippen LogP contribution in [0.2, 0.25) is 0 Å². The highest BCUT2D eigenvalue weighted by molar-refractivity contribution is 5.80. The molecule has 35 heavy (non-hydrogen) atoms. The first-order valence-electron chi connectivity index (χ1n) is 12.4. The summed E-state index contributed by atoms with van der Waals surface area (Å²) in [6.45, 7) is 1.90. The number of aliphatic hydroxyl groups is 3. The summed E-state index contributed by atoms with van der Waals surface area (Å²) in [5, 5.41) is 33.7. The molecule has 2 aliphatic rings. The van der Waals surface area contributed by atoms with Crippen LogP contribution in [0, 0.1) is 17.7 Å². The van der Waals surface area contributed by atoms with Gasteiger partial charge in [-0.05, 0) is 56.3 Å². The third-order valence-corrected chi connectivity index (χ3v) is 6.84. The summed E-state index contributed by atoms with van der Waals surface area (Å²) in [5.74, 6) is 0.170. The van der Waals surface area contributed by atoms with Crippen LogP contribution in [-0.4, -0.2) is 90.2 Å². The van der Waals surface area contributed by atoms with Gasteiger partial charge in [0.2, 0.25) is 11.8 Å². The first kappa shape index (κ1) is 27.3. The molecule has 1 aromatic carbocycles. The van der Waals surface area contributed by atoms with E-state index < -0.39 is 24.6 Å². The first-order chi connectivity index (χ1) is 16.8. The molecule has 0 radical (unpaired) electrons. The maximum Gasteiger partial charge on any atom is 0.227 e. The second-order valence-electron chi connectivity index (χ2n) is 9.80. The largest absolute Gasteiger partial charge is 0.493 e. The Labute approximate surface area is 205 Å². The van der Waals surface area contributed by atoms with Gasteiger partial charge in [-0.25, -0.2) is 4.39 Å². The van der Waals surface area contributed by atoms with E-state index in [2.05, 4.69) is 10.6 Å². The number of rotatable bonds is 13. The Morgan fingerprint density at radius 3 is 2.54 bits per heavy atom. The van der Waals surface area contributed by atoms with E-state index in [1.54, 1.807) is 17.0 Å². The highest BCUT2D eigenvalue weighted by atomic mass is 19.1. The summed E-state index contributed by atoms with van der Waals surface area (Å²) in [5.41, 5.74) is -1.44. The van der Waals surface area contributed by atoms with Crippen LogP contribution in [0.25, 0.3) is 0 Å². The van der Waals surface area contributed by atoms with E-state index in [1.165, 1.54) is 18.9 Å². The van der Waals surface area contributed by atoms with Crippen molar-refractivity contribution in [3.8, 4) is 5.75 Å². The molecule has 1 aromatic rings. The predicted octanol–water partition coefficient (Wildman–Crippen LogP) is 0.207. The fourth-order valence-corrected chi connectivity index (χ4v) is 4.43. The third-order valence-electron chi connectivity index (χ3n) is 6.84. The average molecular weight is 496 g/mol. The molecule has 2 heterocycles. The number of carbonyl (C=O) groups excluding carboxylic acids is 2. The van der Waals surface area contributed by atoms with Gasteiger partial charge in [-0.1, -0.05) is 6.07 Å². The number of nitrogens with zero attached hydrogens (tertiary/aromatic N) is 1. The molecular formula is C25H38FN3O6. The van der Waals surface area contributed by atoms with Crippen molar-refractivity contribution in [2.75, 3.05) is 52.5 Å². The Bertz CT molecular complexity index is 838. The molecule has 0 saturated carbocycles. The number of ether oxygens (including phenoxy) is 1. The van der Waals surface area contributed by atoms with E-state index >= 15 is 0 Å². The average Bonchev–Trinajstić information content (AvgIpc) is 2.84. The van der Waals surface area contributed by atoms with Crippen molar-refractivity contribution in [3.63, 3.8) is 0 Å². The normalized spacial score (nSPS) is 17.2. The summed E-state index contributed by atoms with van der Waals surface area (Å²) >= 11 is 0. The molecular weight excluding hydrogens is 457 g/mol. The molecule has 2 aliphatic heterocycles. The standard InChI is InChI=1S/C25H38FN3O6/c26-22-12-21(35-9-1-2-18-5-7-27-8-6-18)4-3-20(22)11-24(33)29-13-19(14-29)10-23(32)28-15-25(34,16-30)17-31/h3-4,12,18-19,27,30-31,34H,1-2,5-11,13-17H2,(H,28,32). The van der Waals surface area contributed by atoms with Gasteiger partial charge in [-0.2, -0.15) is 0 Å². The lowest BCUT2D eigenvalue weighted by Crippen LogP contribution is -2.53. The number of benzene rings is 1. The molecule has 0 aliphatic carbocycles. The molecule has 9 nitrogen and oxygen atoms in total. The SMILES string of the molecule is O=C(CC1CN(C(=O)Cc2ccc(OCCCC3CCNCC3)cc2F)C1)NCC(O)(CO)CO. The second kappa shape index (κ2) is 13.2. The third kappa shape index (κ3) is 8.42. The molecule has 2 fully saturated rings. The van der Waals surface area contributed by atoms with Crippen LogP contribution in [0.4, 0.5) is 4.39 Å². The molecule has 0 bridgehead atoms. The van der Waals surface area contributed by atoms with Gasteiger partial charge in [-0.3, -0.25) is 9.59 Å². The van der Waals surface area contributed by atoms with Crippen LogP contribution in [0.3, 0.4) is 0 Å². The Kier molecular flexibility index (Phi) is 10.3. The number of piperidine rings is 1. The topological polar surface area (TPSA) is 131 Å². The van der Waals surface area contributed by atoms with Crippen molar-refractivity contribution in [2.24, 2.45) is 11.8 Å². The lowest BCUT2D eigenvalue weighted by atomic mass is 9.93. The van der Waals surface area contributed by atoms with Crippen LogP contribution in [-0.2, 0) is 16.0 Å². The summed E-state index contributed by atoms with van der Waals surface area (Å²) in [4.78, 5) is 26.1. The van der Waals surface area contributed by atoms with Gasteiger partial charge < -0.3 is 35.6 Å². The molecule has 5 N–H and O–H groups in total. The fourth-order valence-electron chi connectivity index (χ4n) is 4.43. The monoisotopic (exact) mass is 495 g/mol. The zero-order valence-electron chi connectivity index (χ0n) is 20.2. The lowest BCUT2D eigenvalue weighted by Gasteiger charge is -2.39. The van der Waals surface area contributed by atoms with Crippen molar-refractivity contribution in [1.82, 2.24) is 15.5 Å². The first-order valence-corrected chi connectivity index (χ1v) is 12.4. The molecule has 0 aromatic heterocycles. The van der Waals surface area contributed by atoms with Crippen molar-refractivity contribution in [2.45, 2.75) is 44.1 Å². The highest BCUT2D eigenvalue weighted by Gasteiger charge is 2.33. The van der Waals surface area contributed by atoms with Crippen LogP contribution in [0.5, 0.6) is 5.75 Å². The smallest absolute Gasteiger partial charge is 0.227 e. The minimum atomic E-state index is -1.76. The van der Waals surface area contributed by atoms with Gasteiger partial charge in [0.05, 0.1) is 32.8 Å². The molecule has 2 saturated heterocycles. The zero-order valence-corrected chi connectivity index (χ0v) is 20.2. The van der Waals surface area contributed by atoms with E-state index in [0.717, 1.165) is 31.8 Å². The van der Waals surface area contributed by atoms with Gasteiger partial charge in [0.1, 0.15) is 17.2 Å². The number of hydrogen-bond donors (Lipinski definition) is 5. The van der Waals surface area contributed by atoms with Gasteiger partial charge >= 0.3 is 0 Å². The Morgan fingerprint density at radius 1 is 1.17 bits per heavy atom. The molecule has 2 amide bonds. The molecule has 3 rings (SSSR count). The van der Waals surface area contributed by atoms with E-state index in [4.69, 9.17) is 14.9 Å². The van der Waals surface area contributed by atoms with Crippen molar-refractivity contribution in [3.05, 3.63) is 29.6 Å². The van der Waals surface area contributed by atoms with E-state index in [-0.39, 0.29) is 37.1 Å². The van der Waals surface area contributed by atoms with Gasteiger partial charge in [0.25, 0.3) is 0 Å². The molecule has 0 atom stereocenters. The molecule has 0 spiro atoms. The Balaban J connectivity index is 1.34. The highest BCUT2D eigenvalue weighted by Crippen LogP contribution is 2.23. The van der Waals surface area contributed by atoms with Gasteiger partial charge in [0.15, 0.2) is 0 Å². The van der Waals surface area contributed by atoms with Crippen molar-refractivity contribution >= 4 is 11.8 Å². The minimum Gasteiger partial charge on any atom is -0.493 e. The zero-order chi connectivity index (χ0) is 25.3. The number of nitrogens with one attached hydrogen (secondary N) is 2. The number of aliphatic hydroxyl groups excluding tert-OH is 2. The summed E-state index contributed by atoms with van der Waals surface area (Å²) in [6.07, 6.45) is 4.55. The number of carbonyl (C=O) groups is 2. The predicted molar refractivity (Wildman–Crippen MR) is 127 cm³/mol. The van der Waals surface area contributed by atoms with Crippen LogP contribution >= 0.6 is 0 Å². The maximum absolute atomic E-state index is 14.5.